The summed E-state index contributed by atoms with van der Waals surface area (Å²) in [5.74, 6) is 6.74. The van der Waals surface area contributed by atoms with Crippen molar-refractivity contribution in [3.8, 4) is 17.6 Å². The number of carbonyl (C=O) groups excluding carboxylic acids is 2. The largest absolute Gasteiger partial charge is 0.508 e. The predicted octanol–water partition coefficient (Wildman–Crippen LogP) is 8.90. The van der Waals surface area contributed by atoms with E-state index in [0.717, 1.165) is 58.5 Å². The second-order valence-electron chi connectivity index (χ2n) is 26.5. The van der Waals surface area contributed by atoms with Crippen molar-refractivity contribution in [2.45, 2.75) is 177 Å². The highest BCUT2D eigenvalue weighted by Gasteiger charge is 2.64. The van der Waals surface area contributed by atoms with Gasteiger partial charge in [-0.2, -0.15) is 0 Å². The Morgan fingerprint density at radius 2 is 1.73 bits per heavy atom. The van der Waals surface area contributed by atoms with Gasteiger partial charge < -0.3 is 58.1 Å². The molecule has 14 N–H and O–H groups in total. The average Bonchev–Trinajstić information content (AvgIpc) is 1.66. The summed E-state index contributed by atoms with van der Waals surface area (Å²) in [6, 6.07) is 19.3. The highest BCUT2D eigenvalue weighted by molar-refractivity contribution is 8.76. The number of hydrogen-bond donors (Lipinski definition) is 11. The van der Waals surface area contributed by atoms with E-state index in [0.29, 0.717) is 91.7 Å². The number of benzene rings is 3. The minimum Gasteiger partial charge on any atom is -0.508 e. The van der Waals surface area contributed by atoms with Gasteiger partial charge in [-0.05, 0) is 177 Å². The van der Waals surface area contributed by atoms with Crippen LogP contribution in [-0.2, 0) is 33.6 Å². The number of nitrogens with two attached hydrogens (primary N) is 3. The maximum Gasteiger partial charge on any atom is 0.243 e. The van der Waals surface area contributed by atoms with Gasteiger partial charge in [-0.3, -0.25) is 19.9 Å². The maximum absolute atomic E-state index is 15.4. The van der Waals surface area contributed by atoms with E-state index < -0.39 is 71.1 Å². The van der Waals surface area contributed by atoms with Crippen molar-refractivity contribution in [2.24, 2.45) is 51.3 Å². The molecule has 0 saturated heterocycles. The van der Waals surface area contributed by atoms with Crippen LogP contribution in [0.25, 0.3) is 0 Å². The standard InChI is InChI=1S/C72H95N7O8S2/c1-44-11-7-18-52(42-87-55-19-9-14-46(31-34-88-89-43-55)21-28-62(44)76-39-47-12-5-4-6-13-47)57-30-33-72(67(57)84)61-27-26-54(81)36-48-15-8-16-49(35-48)37-59(60(40-78-70(74)75)50-22-24-53(80)25-23-50)64(83)41-77-66-65-51(17-10-20-58(65)68(73)79-69(66)85)38-63(82)45(2)56(61)29-32-71(72,3)86/h7-8,10-11,15-18,20-25,35,47,54-55,57,59-62,64,66-68,76-77,80-81,83-84,86H,1,4-6,12-14,26-34,36-43,73H2,2-3H3,(H,79,85)(H4,74,75,78)/b11-7+,46-21+,52-18-,56-45?/t54-,55-,57-,59-,60-,61-,62-,64+,66+,67-,68+,71-,72-/m1/s1. The second-order valence-corrected chi connectivity index (χ2v) is 29.1. The van der Waals surface area contributed by atoms with Crippen LogP contribution in [-0.4, -0.2) is 117 Å². The third-order valence-electron chi connectivity index (χ3n) is 20.8. The molecule has 3 fully saturated rings. The Kier molecular flexibility index (Phi) is 22.6. The quantitative estimate of drug-likeness (QED) is 0.0330. The van der Waals surface area contributed by atoms with Crippen LogP contribution in [0.4, 0.5) is 0 Å². The normalized spacial score (nSPS) is 33.3. The molecule has 3 aliphatic carbocycles. The summed E-state index contributed by atoms with van der Waals surface area (Å²) in [5, 5.41) is 72.2. The molecule has 0 unspecified atom stereocenters. The first kappa shape index (κ1) is 66.4. The Balaban J connectivity index is 1.02. The van der Waals surface area contributed by atoms with E-state index in [1.165, 1.54) is 37.7 Å². The van der Waals surface area contributed by atoms with Crippen LogP contribution in [0.5, 0.6) is 5.75 Å². The highest BCUT2D eigenvalue weighted by atomic mass is 33.1. The number of hydrogen-bond acceptors (Lipinski definition) is 14. The zero-order valence-electron chi connectivity index (χ0n) is 52.0. The number of Topliss-reactive ketones (excluding diaryl/α,β-unsaturated/α-hetero) is 1. The van der Waals surface area contributed by atoms with E-state index in [9.17, 15) is 30.3 Å². The summed E-state index contributed by atoms with van der Waals surface area (Å²) >= 11 is 0. The van der Waals surface area contributed by atoms with Gasteiger partial charge in [0, 0.05) is 60.7 Å². The number of fused-ring (bicyclic) bond motifs is 7. The van der Waals surface area contributed by atoms with Gasteiger partial charge in [-0.1, -0.05) is 149 Å². The van der Waals surface area contributed by atoms with E-state index >= 15 is 4.79 Å². The lowest BCUT2D eigenvalue weighted by atomic mass is 9.52. The molecule has 3 aromatic rings. The summed E-state index contributed by atoms with van der Waals surface area (Å²) in [6.07, 6.45) is 16.2. The molecule has 4 heterocycles. The van der Waals surface area contributed by atoms with Crippen molar-refractivity contribution in [3.63, 3.8) is 0 Å². The van der Waals surface area contributed by atoms with Crippen molar-refractivity contribution in [2.75, 3.05) is 37.7 Å². The van der Waals surface area contributed by atoms with Gasteiger partial charge in [-0.25, -0.2) is 0 Å². The number of amides is 1. The minimum absolute atomic E-state index is 0.0405. The van der Waals surface area contributed by atoms with Gasteiger partial charge in [0.1, 0.15) is 24.1 Å². The summed E-state index contributed by atoms with van der Waals surface area (Å²) in [5.41, 5.74) is 25.1. The lowest BCUT2D eigenvalue weighted by Crippen LogP contribution is -2.59. The van der Waals surface area contributed by atoms with Crippen LogP contribution >= 0.6 is 21.6 Å². The number of nitrogens with one attached hydrogen (secondary N) is 3. The molecular formula is C72H95N7O8S2. The first-order valence-corrected chi connectivity index (χ1v) is 35.0. The van der Waals surface area contributed by atoms with Crippen LogP contribution in [0.3, 0.4) is 0 Å². The Labute approximate surface area is 534 Å². The molecule has 15 nitrogen and oxygen atoms in total. The number of allylic oxidation sites excluding steroid dienone is 5. The van der Waals surface area contributed by atoms with Crippen LogP contribution in [0.2, 0.25) is 0 Å². The van der Waals surface area contributed by atoms with E-state index in [2.05, 4.69) is 63.7 Å². The molecule has 7 aliphatic rings. The number of carbonyl (C=O) groups is 2. The lowest BCUT2D eigenvalue weighted by Gasteiger charge is -2.56. The number of aromatic hydroxyl groups is 1. The van der Waals surface area contributed by atoms with Gasteiger partial charge in [-0.15, -0.1) is 0 Å². The maximum atomic E-state index is 15.4. The summed E-state index contributed by atoms with van der Waals surface area (Å²) in [7, 11) is 3.64. The highest BCUT2D eigenvalue weighted by Crippen LogP contribution is 2.63. The van der Waals surface area contributed by atoms with Crippen molar-refractivity contribution in [1.29, 1.82) is 0 Å². The molecule has 3 aromatic carbocycles. The fourth-order valence-corrected chi connectivity index (χ4v) is 17.9. The van der Waals surface area contributed by atoms with Gasteiger partial charge in [0.25, 0.3) is 0 Å². The summed E-state index contributed by atoms with van der Waals surface area (Å²) in [6.45, 7) is 9.60. The molecule has 478 valence electrons. The number of rotatable bonds is 8. The SMILES string of the molecule is C=C1/C=C/C=C(\[C@H]2CC[C@@]3([C@@H]4CC[C@@H](O)Cc5cccc(c5)C[C@H]([C@H](CN=C(N)N)c5ccc(O)cc5)[C@@H](O)CN[C@@H]5C(=O)N[C@H](N)c6cccc(c65)CC(=O)C(C)=C4CC[C@@]3(C)O)[C@@H]2O)CO[C@@H]2C#CC/C(=C\C[C@H]1NCC1CCCCC1)CCSSC2. The first-order chi connectivity index (χ1) is 42.9. The van der Waals surface area contributed by atoms with Crippen LogP contribution < -0.4 is 33.2 Å². The number of ketones is 1. The van der Waals surface area contributed by atoms with Crippen LogP contribution in [0.15, 0.2) is 130 Å². The molecule has 13 atom stereocenters. The minimum atomic E-state index is -1.38. The van der Waals surface area contributed by atoms with E-state index in [4.69, 9.17) is 21.9 Å². The molecule has 3 saturated carbocycles. The van der Waals surface area contributed by atoms with Crippen molar-refractivity contribution >= 4 is 39.2 Å². The molecule has 1 amide bonds. The second kappa shape index (κ2) is 30.3. The Hall–Kier alpha value is -5.49. The number of phenols is 1. The zero-order valence-corrected chi connectivity index (χ0v) is 53.6. The van der Waals surface area contributed by atoms with Crippen molar-refractivity contribution in [1.82, 2.24) is 16.0 Å². The number of aliphatic hydroxyl groups excluding tert-OH is 3. The number of nitrogens with zero attached hydrogens (tertiary/aromatic N) is 1. The van der Waals surface area contributed by atoms with Gasteiger partial charge in [0.05, 0.1) is 30.5 Å². The zero-order chi connectivity index (χ0) is 62.8. The third-order valence-corrected chi connectivity index (χ3v) is 23.2. The van der Waals surface area contributed by atoms with Crippen molar-refractivity contribution < 1.29 is 39.9 Å². The van der Waals surface area contributed by atoms with E-state index in [1.54, 1.807) is 35.1 Å². The molecule has 4 bridgehead atoms. The smallest absolute Gasteiger partial charge is 0.243 e. The monoisotopic (exact) mass is 1250 g/mol. The number of guanidine groups is 1. The molecular weight excluding hydrogens is 1150 g/mol. The fraction of sp³-hybridized carbons (Fsp3) is 0.542. The Bertz CT molecular complexity index is 3230. The molecule has 17 heteroatoms. The van der Waals surface area contributed by atoms with Gasteiger partial charge in [0.15, 0.2) is 11.7 Å². The fourth-order valence-electron chi connectivity index (χ4n) is 15.8. The number of β-amino-alcohol motifs (C(OH)–C–C–N with tert-alkyl or cyclic N) is 1. The molecule has 10 rings (SSSR count). The van der Waals surface area contributed by atoms with Crippen LogP contribution in [0, 0.1) is 40.9 Å². The number of ether oxygens (including phenoxy) is 1. The first-order valence-electron chi connectivity index (χ1n) is 32.5. The van der Waals surface area contributed by atoms with Crippen LogP contribution in [0.1, 0.15) is 155 Å². The average molecular weight is 1250 g/mol. The molecule has 1 spiro atoms. The molecule has 89 heavy (non-hydrogen) atoms. The molecule has 4 aliphatic heterocycles. The van der Waals surface area contributed by atoms with Gasteiger partial charge >= 0.3 is 0 Å². The third kappa shape index (κ3) is 15.9. The summed E-state index contributed by atoms with van der Waals surface area (Å²) < 4.78 is 6.81. The molecule has 0 aromatic heterocycles. The number of aliphatic hydroxyl groups is 4. The lowest BCUT2D eigenvalue weighted by molar-refractivity contribution is -0.168. The van der Waals surface area contributed by atoms with Crippen molar-refractivity contribution in [3.05, 3.63) is 159 Å². The van der Waals surface area contributed by atoms with Gasteiger partial charge in [0.2, 0.25) is 5.91 Å². The van der Waals surface area contributed by atoms with E-state index in [1.807, 2.05) is 67.1 Å². The van der Waals surface area contributed by atoms with E-state index in [-0.39, 0.29) is 55.8 Å². The summed E-state index contributed by atoms with van der Waals surface area (Å²) in [4.78, 5) is 34.1. The topological polar surface area (TPSA) is 271 Å². The molecule has 0 radical (unpaired) electrons. The number of aliphatic imine (C=N–C) groups is 1. The number of phenolic OH excluding ortho intramolecular Hbond substituents is 1. The Morgan fingerprint density at radius 3 is 2.52 bits per heavy atom. The Morgan fingerprint density at radius 1 is 0.955 bits per heavy atom. The predicted molar refractivity (Wildman–Crippen MR) is 357 cm³/mol.